The van der Waals surface area contributed by atoms with Crippen LogP contribution in [0.3, 0.4) is 0 Å². The van der Waals surface area contributed by atoms with E-state index >= 15 is 0 Å². The summed E-state index contributed by atoms with van der Waals surface area (Å²) in [5, 5.41) is 2.94. The molecule has 0 amide bonds. The maximum absolute atomic E-state index is 12.6. The van der Waals surface area contributed by atoms with Crippen LogP contribution in [-0.4, -0.2) is 22.5 Å². The third-order valence-electron chi connectivity index (χ3n) is 2.80. The Hall–Kier alpha value is -3.54. The Morgan fingerprint density at radius 2 is 1.36 bits per heavy atom. The first-order valence-electron chi connectivity index (χ1n) is 6.69. The Bertz CT molecular complexity index is 921. The highest BCUT2D eigenvalue weighted by Gasteiger charge is 2.32. The van der Waals surface area contributed by atoms with Crippen molar-refractivity contribution in [3.05, 3.63) is 63.3 Å². The van der Waals surface area contributed by atoms with Crippen molar-refractivity contribution in [2.75, 3.05) is 0 Å². The zero-order chi connectivity index (χ0) is 21.5. The maximum atomic E-state index is 12.6. The Balaban J connectivity index is 0.000000283. The molecule has 0 aliphatic rings. The first-order chi connectivity index (χ1) is 12.9. The van der Waals surface area contributed by atoms with Crippen molar-refractivity contribution in [3.63, 3.8) is 0 Å². The largest absolute Gasteiger partial charge is 0.417 e. The highest BCUT2D eigenvalue weighted by Crippen LogP contribution is 2.32. The zero-order valence-corrected chi connectivity index (χ0v) is 13.2. The number of carbonyl (C=O) groups excluding carboxylic acids is 2. The topological polar surface area (TPSA) is 109 Å². The van der Waals surface area contributed by atoms with Gasteiger partial charge in [0, 0.05) is 17.3 Å². The second kappa shape index (κ2) is 8.90. The zero-order valence-electron chi connectivity index (χ0n) is 13.2. The molecule has 14 heteroatoms. The van der Waals surface area contributed by atoms with Gasteiger partial charge in [-0.1, -0.05) is 5.11 Å². The molecule has 2 rings (SSSR count). The van der Waals surface area contributed by atoms with Crippen molar-refractivity contribution in [1.29, 1.82) is 0 Å². The van der Waals surface area contributed by atoms with Crippen molar-refractivity contribution >= 4 is 18.3 Å². The van der Waals surface area contributed by atoms with Gasteiger partial charge in [-0.3, -0.25) is 14.6 Å². The van der Waals surface area contributed by atoms with E-state index in [1.807, 2.05) is 0 Å². The van der Waals surface area contributed by atoms with Crippen LogP contribution >= 0.6 is 0 Å². The highest BCUT2D eigenvalue weighted by atomic mass is 19.4. The Labute approximate surface area is 150 Å². The first-order valence-corrected chi connectivity index (χ1v) is 6.69. The molecule has 148 valence electrons. The maximum Gasteiger partial charge on any atom is 0.417 e. The van der Waals surface area contributed by atoms with Crippen LogP contribution in [0.25, 0.3) is 10.4 Å². The molecule has 2 aromatic rings. The van der Waals surface area contributed by atoms with E-state index in [0.29, 0.717) is 18.5 Å². The van der Waals surface area contributed by atoms with Gasteiger partial charge in [-0.2, -0.15) is 26.3 Å². The van der Waals surface area contributed by atoms with Crippen LogP contribution in [0.15, 0.2) is 29.6 Å². The van der Waals surface area contributed by atoms with E-state index in [1.54, 1.807) is 0 Å². The number of aldehydes is 2. The van der Waals surface area contributed by atoms with Crippen LogP contribution in [0.2, 0.25) is 0 Å². The standard InChI is InChI=1S/C7H3F4NO.C7H3F3N4O/c8-5-1-4(7(9,10)11)2-12-6(5)3-13;8-7(9,10)4-1-5(13-14-11)6(3-15)12-2-4/h1-3H;1-3H. The molecule has 0 bridgehead atoms. The fourth-order valence-corrected chi connectivity index (χ4v) is 1.53. The molecule has 0 aliphatic carbocycles. The molecule has 0 saturated heterocycles. The lowest BCUT2D eigenvalue weighted by Crippen LogP contribution is -2.07. The van der Waals surface area contributed by atoms with Crippen molar-refractivity contribution in [3.8, 4) is 0 Å². The predicted octanol–water partition coefficient (Wildman–Crippen LogP) is 4.91. The molecule has 0 aromatic carbocycles. The average Bonchev–Trinajstić information content (AvgIpc) is 2.61. The number of hydrogen-bond acceptors (Lipinski definition) is 5. The highest BCUT2D eigenvalue weighted by molar-refractivity contribution is 5.80. The van der Waals surface area contributed by atoms with Crippen LogP contribution in [-0.2, 0) is 12.4 Å². The van der Waals surface area contributed by atoms with Gasteiger partial charge < -0.3 is 0 Å². The summed E-state index contributed by atoms with van der Waals surface area (Å²) < 4.78 is 84.9. The summed E-state index contributed by atoms with van der Waals surface area (Å²) in [5.74, 6) is -1.27. The normalized spacial score (nSPS) is 11.0. The molecule has 0 N–H and O–H groups in total. The molecule has 0 atom stereocenters. The number of alkyl halides is 6. The molecular formula is C14H6F7N5O2. The van der Waals surface area contributed by atoms with E-state index in [2.05, 4.69) is 20.0 Å². The van der Waals surface area contributed by atoms with E-state index in [1.165, 1.54) is 0 Å². The molecule has 0 fully saturated rings. The van der Waals surface area contributed by atoms with Gasteiger partial charge >= 0.3 is 12.4 Å². The molecular weight excluding hydrogens is 403 g/mol. The van der Waals surface area contributed by atoms with Crippen molar-refractivity contribution in [2.45, 2.75) is 12.4 Å². The number of halogens is 7. The Morgan fingerprint density at radius 3 is 1.75 bits per heavy atom. The van der Waals surface area contributed by atoms with Gasteiger partial charge in [0.15, 0.2) is 18.4 Å². The number of rotatable bonds is 3. The van der Waals surface area contributed by atoms with Crippen molar-refractivity contribution in [1.82, 2.24) is 9.97 Å². The summed E-state index contributed by atoms with van der Waals surface area (Å²) in [6.07, 6.45) is -8.06. The van der Waals surface area contributed by atoms with Crippen molar-refractivity contribution < 1.29 is 40.3 Å². The molecule has 28 heavy (non-hydrogen) atoms. The molecule has 7 nitrogen and oxygen atoms in total. The molecule has 0 radical (unpaired) electrons. The van der Waals surface area contributed by atoms with E-state index < -0.39 is 40.7 Å². The lowest BCUT2D eigenvalue weighted by molar-refractivity contribution is -0.138. The SMILES string of the molecule is O=Cc1ncc(C(F)(F)F)cc1F.[N-]=[N+]=Nc1cc(C(F)(F)F)cnc1C=O. The summed E-state index contributed by atoms with van der Waals surface area (Å²) in [7, 11) is 0. The monoisotopic (exact) mass is 409 g/mol. The molecule has 2 aromatic heterocycles. The number of hydrogen-bond donors (Lipinski definition) is 0. The molecule has 0 saturated carbocycles. The first kappa shape index (κ1) is 22.5. The third-order valence-corrected chi connectivity index (χ3v) is 2.80. The molecule has 0 unspecified atom stereocenters. The van der Waals surface area contributed by atoms with Gasteiger partial charge in [-0.05, 0) is 17.7 Å². The van der Waals surface area contributed by atoms with E-state index in [4.69, 9.17) is 5.53 Å². The fraction of sp³-hybridized carbons (Fsp3) is 0.143. The van der Waals surface area contributed by atoms with Gasteiger partial charge in [-0.25, -0.2) is 9.37 Å². The minimum Gasteiger partial charge on any atom is -0.296 e. The second-order valence-electron chi connectivity index (χ2n) is 4.64. The second-order valence-corrected chi connectivity index (χ2v) is 4.64. The number of aromatic nitrogens is 2. The van der Waals surface area contributed by atoms with E-state index in [0.717, 1.165) is 0 Å². The van der Waals surface area contributed by atoms with Gasteiger partial charge in [0.25, 0.3) is 0 Å². The van der Waals surface area contributed by atoms with E-state index in [9.17, 15) is 40.3 Å². The van der Waals surface area contributed by atoms with Crippen LogP contribution in [0.5, 0.6) is 0 Å². The molecule has 2 heterocycles. The van der Waals surface area contributed by atoms with E-state index in [-0.39, 0.29) is 24.3 Å². The number of carbonyl (C=O) groups is 2. The lowest BCUT2D eigenvalue weighted by atomic mass is 10.2. The Kier molecular flexibility index (Phi) is 7.15. The minimum absolute atomic E-state index is 0.0511. The van der Waals surface area contributed by atoms with Gasteiger partial charge in [-0.15, -0.1) is 0 Å². The Morgan fingerprint density at radius 1 is 0.893 bits per heavy atom. The summed E-state index contributed by atoms with van der Waals surface area (Å²) in [6, 6.07) is 0.799. The van der Waals surface area contributed by atoms with Crippen LogP contribution in [0.1, 0.15) is 32.1 Å². The van der Waals surface area contributed by atoms with Crippen LogP contribution in [0, 0.1) is 5.82 Å². The fourth-order valence-electron chi connectivity index (χ4n) is 1.53. The lowest BCUT2D eigenvalue weighted by Gasteiger charge is -2.06. The number of nitrogens with zero attached hydrogens (tertiary/aromatic N) is 5. The van der Waals surface area contributed by atoms with Gasteiger partial charge in [0.2, 0.25) is 0 Å². The molecule has 0 aliphatic heterocycles. The van der Waals surface area contributed by atoms with Crippen LogP contribution in [0.4, 0.5) is 36.4 Å². The average molecular weight is 409 g/mol. The third kappa shape index (κ3) is 6.02. The van der Waals surface area contributed by atoms with Crippen molar-refractivity contribution in [2.24, 2.45) is 5.11 Å². The number of azide groups is 1. The van der Waals surface area contributed by atoms with Gasteiger partial charge in [0.1, 0.15) is 11.4 Å². The summed E-state index contributed by atoms with van der Waals surface area (Å²) >= 11 is 0. The summed E-state index contributed by atoms with van der Waals surface area (Å²) in [6.45, 7) is 0. The predicted molar refractivity (Wildman–Crippen MR) is 78.0 cm³/mol. The summed E-state index contributed by atoms with van der Waals surface area (Å²) in [4.78, 5) is 28.9. The molecule has 0 spiro atoms. The number of pyridine rings is 2. The quantitative estimate of drug-likeness (QED) is 0.236. The van der Waals surface area contributed by atoms with Crippen LogP contribution < -0.4 is 0 Å². The minimum atomic E-state index is -4.64. The smallest absolute Gasteiger partial charge is 0.296 e. The summed E-state index contributed by atoms with van der Waals surface area (Å²) in [5.41, 5.74) is 4.37. The van der Waals surface area contributed by atoms with Gasteiger partial charge in [0.05, 0.1) is 16.8 Å².